The highest BCUT2D eigenvalue weighted by Gasteiger charge is 2.14. The molecule has 1 aromatic heterocycles. The van der Waals surface area contributed by atoms with Gasteiger partial charge in [0.15, 0.2) is 0 Å². The topological polar surface area (TPSA) is 80.0 Å². The number of aryl methyl sites for hydroxylation is 1. The van der Waals surface area contributed by atoms with Crippen LogP contribution in [0.25, 0.3) is 0 Å². The van der Waals surface area contributed by atoms with Crippen molar-refractivity contribution in [1.29, 1.82) is 0 Å². The van der Waals surface area contributed by atoms with E-state index in [4.69, 9.17) is 17.4 Å². The van der Waals surface area contributed by atoms with Crippen LogP contribution in [0.2, 0.25) is 5.02 Å². The summed E-state index contributed by atoms with van der Waals surface area (Å²) in [5.74, 6) is 5.23. The van der Waals surface area contributed by atoms with Crippen molar-refractivity contribution < 1.29 is 4.79 Å². The molecule has 20 heavy (non-hydrogen) atoms. The van der Waals surface area contributed by atoms with Gasteiger partial charge in [-0.25, -0.2) is 10.8 Å². The summed E-state index contributed by atoms with van der Waals surface area (Å²) in [5.41, 5.74) is 4.21. The van der Waals surface area contributed by atoms with E-state index < -0.39 is 5.91 Å². The zero-order chi connectivity index (χ0) is 14.7. The Labute approximate surface area is 129 Å². The highest BCUT2D eigenvalue weighted by molar-refractivity contribution is 9.10. The third kappa shape index (κ3) is 3.27. The number of nitrogens with zero attached hydrogens (tertiary/aromatic N) is 1. The molecule has 2 aromatic rings. The summed E-state index contributed by atoms with van der Waals surface area (Å²) in [6.45, 7) is 1.96. The van der Waals surface area contributed by atoms with Crippen LogP contribution in [0.15, 0.2) is 34.8 Å². The number of hydrogen-bond acceptors (Lipinski definition) is 4. The molecule has 4 N–H and O–H groups in total. The molecule has 1 amide bonds. The fourth-order valence-electron chi connectivity index (χ4n) is 1.58. The predicted molar refractivity (Wildman–Crippen MR) is 83.9 cm³/mol. The van der Waals surface area contributed by atoms with Crippen LogP contribution >= 0.6 is 27.5 Å². The number of benzene rings is 1. The van der Waals surface area contributed by atoms with Gasteiger partial charge in [-0.1, -0.05) is 17.7 Å². The second kappa shape index (κ2) is 6.21. The van der Waals surface area contributed by atoms with Gasteiger partial charge < -0.3 is 10.7 Å². The Hall–Kier alpha value is -1.63. The number of rotatable bonds is 3. The third-order valence-corrected chi connectivity index (χ3v) is 3.54. The second-order valence-electron chi connectivity index (χ2n) is 4.11. The molecule has 0 radical (unpaired) electrons. The number of aromatic nitrogens is 1. The number of nitrogen functional groups attached to an aromatic ring is 1. The van der Waals surface area contributed by atoms with Crippen LogP contribution in [0, 0.1) is 6.92 Å². The number of nitrogens with two attached hydrogens (primary N) is 1. The Morgan fingerprint density at radius 3 is 2.75 bits per heavy atom. The van der Waals surface area contributed by atoms with Gasteiger partial charge in [0.05, 0.1) is 10.7 Å². The van der Waals surface area contributed by atoms with E-state index in [1.54, 1.807) is 18.2 Å². The quantitative estimate of drug-likeness (QED) is 0.583. The van der Waals surface area contributed by atoms with Gasteiger partial charge in [-0.2, -0.15) is 0 Å². The van der Waals surface area contributed by atoms with Gasteiger partial charge in [-0.15, -0.1) is 0 Å². The molecule has 104 valence electrons. The average Bonchev–Trinajstić information content (AvgIpc) is 2.42. The van der Waals surface area contributed by atoms with Crippen molar-refractivity contribution in [2.24, 2.45) is 5.84 Å². The molecule has 0 unspecified atom stereocenters. The first-order chi connectivity index (χ1) is 9.51. The number of carbonyl (C=O) groups is 1. The Morgan fingerprint density at radius 1 is 1.35 bits per heavy atom. The van der Waals surface area contributed by atoms with Gasteiger partial charge in [0.2, 0.25) is 0 Å². The van der Waals surface area contributed by atoms with Gasteiger partial charge in [0, 0.05) is 4.47 Å². The summed E-state index contributed by atoms with van der Waals surface area (Å²) in [4.78, 5) is 16.2. The molecule has 0 atom stereocenters. The van der Waals surface area contributed by atoms with Crippen molar-refractivity contribution in [3.63, 3.8) is 0 Å². The molecule has 1 aromatic carbocycles. The lowest BCUT2D eigenvalue weighted by molar-refractivity contribution is 0.102. The van der Waals surface area contributed by atoms with Gasteiger partial charge in [0.25, 0.3) is 5.91 Å². The van der Waals surface area contributed by atoms with Crippen molar-refractivity contribution >= 4 is 44.9 Å². The molecular formula is C13H12BrClN4O. The average molecular weight is 356 g/mol. The van der Waals surface area contributed by atoms with Gasteiger partial charge in [-0.3, -0.25) is 4.79 Å². The first kappa shape index (κ1) is 14.8. The minimum absolute atomic E-state index is 0.106. The van der Waals surface area contributed by atoms with Crippen LogP contribution in [-0.4, -0.2) is 10.9 Å². The van der Waals surface area contributed by atoms with E-state index in [-0.39, 0.29) is 10.7 Å². The van der Waals surface area contributed by atoms with Crippen LogP contribution < -0.4 is 16.6 Å². The Morgan fingerprint density at radius 2 is 2.10 bits per heavy atom. The van der Waals surface area contributed by atoms with E-state index in [0.29, 0.717) is 11.5 Å². The zero-order valence-corrected chi connectivity index (χ0v) is 12.9. The predicted octanol–water partition coefficient (Wildman–Crippen LogP) is 3.34. The molecule has 0 spiro atoms. The van der Waals surface area contributed by atoms with Crippen LogP contribution in [0.1, 0.15) is 16.1 Å². The van der Waals surface area contributed by atoms with E-state index in [9.17, 15) is 4.79 Å². The van der Waals surface area contributed by atoms with Gasteiger partial charge >= 0.3 is 0 Å². The van der Waals surface area contributed by atoms with Gasteiger partial charge in [0.1, 0.15) is 11.5 Å². The summed E-state index contributed by atoms with van der Waals surface area (Å²) < 4.78 is 0.787. The molecule has 2 rings (SSSR count). The largest absolute Gasteiger partial charge is 0.320 e. The monoisotopic (exact) mass is 354 g/mol. The number of hydrogen-bond donors (Lipinski definition) is 3. The van der Waals surface area contributed by atoms with Crippen LogP contribution in [0.3, 0.4) is 0 Å². The van der Waals surface area contributed by atoms with E-state index in [0.717, 1.165) is 10.0 Å². The first-order valence-corrected chi connectivity index (χ1v) is 6.89. The molecule has 0 saturated carbocycles. The number of anilines is 2. The number of pyridine rings is 1. The lowest BCUT2D eigenvalue weighted by Crippen LogP contribution is -2.17. The maximum absolute atomic E-state index is 12.2. The number of carbonyl (C=O) groups excluding carboxylic acids is 1. The molecule has 0 fully saturated rings. The summed E-state index contributed by atoms with van der Waals surface area (Å²) in [5, 5.41) is 3.00. The fourth-order valence-corrected chi connectivity index (χ4v) is 2.37. The van der Waals surface area contributed by atoms with Crippen molar-refractivity contribution in [3.8, 4) is 0 Å². The number of amides is 1. The normalized spacial score (nSPS) is 10.2. The summed E-state index contributed by atoms with van der Waals surface area (Å²) in [6, 6.07) is 8.75. The minimum Gasteiger partial charge on any atom is -0.320 e. The van der Waals surface area contributed by atoms with Crippen molar-refractivity contribution in [1.82, 2.24) is 4.98 Å². The van der Waals surface area contributed by atoms with Crippen LogP contribution in [0.5, 0.6) is 0 Å². The number of nitrogens with one attached hydrogen (secondary N) is 2. The maximum atomic E-state index is 12.2. The smallest absolute Gasteiger partial charge is 0.275 e. The molecular weight excluding hydrogens is 344 g/mol. The highest BCUT2D eigenvalue weighted by Crippen LogP contribution is 2.25. The molecule has 7 heteroatoms. The lowest BCUT2D eigenvalue weighted by Gasteiger charge is -2.09. The van der Waals surface area contributed by atoms with Gasteiger partial charge in [-0.05, 0) is 52.7 Å². The maximum Gasteiger partial charge on any atom is 0.275 e. The van der Waals surface area contributed by atoms with Crippen LogP contribution in [-0.2, 0) is 0 Å². The standard InChI is InChI=1S/C13H12BrClN4O/c1-7-2-4-10(8(14)6-7)17-13(20)12-9(15)3-5-11(18-12)19-16/h2-6H,16H2,1H3,(H,17,20)(H,18,19). The molecule has 0 saturated heterocycles. The highest BCUT2D eigenvalue weighted by atomic mass is 79.9. The fraction of sp³-hybridized carbons (Fsp3) is 0.0769. The van der Waals surface area contributed by atoms with Crippen molar-refractivity contribution in [3.05, 3.63) is 51.1 Å². The Kier molecular flexibility index (Phi) is 4.59. The molecule has 0 aliphatic heterocycles. The van der Waals surface area contributed by atoms with E-state index >= 15 is 0 Å². The van der Waals surface area contributed by atoms with E-state index in [1.165, 1.54) is 0 Å². The van der Waals surface area contributed by atoms with Crippen LogP contribution in [0.4, 0.5) is 11.5 Å². The van der Waals surface area contributed by atoms with E-state index in [2.05, 4.69) is 31.7 Å². The molecule has 0 aliphatic rings. The summed E-state index contributed by atoms with van der Waals surface area (Å²) in [6.07, 6.45) is 0. The molecule has 0 bridgehead atoms. The summed E-state index contributed by atoms with van der Waals surface area (Å²) >= 11 is 9.37. The Bertz CT molecular complexity index is 663. The minimum atomic E-state index is -0.406. The number of hydrazine groups is 1. The first-order valence-electron chi connectivity index (χ1n) is 5.72. The SMILES string of the molecule is Cc1ccc(NC(=O)c2nc(NN)ccc2Cl)c(Br)c1. The molecule has 1 heterocycles. The van der Waals surface area contributed by atoms with Crippen molar-refractivity contribution in [2.45, 2.75) is 6.92 Å². The summed E-state index contributed by atoms with van der Waals surface area (Å²) in [7, 11) is 0. The zero-order valence-electron chi connectivity index (χ0n) is 10.6. The lowest BCUT2D eigenvalue weighted by atomic mass is 10.2. The van der Waals surface area contributed by atoms with Crippen molar-refractivity contribution in [2.75, 3.05) is 10.7 Å². The third-order valence-electron chi connectivity index (χ3n) is 2.58. The Balaban J connectivity index is 2.28. The molecule has 5 nitrogen and oxygen atoms in total. The number of halogens is 2. The second-order valence-corrected chi connectivity index (χ2v) is 5.37. The molecule has 0 aliphatic carbocycles. The van der Waals surface area contributed by atoms with E-state index in [1.807, 2.05) is 19.1 Å².